The molecule has 1 N–H and O–H groups in total. The zero-order chi connectivity index (χ0) is 16.0. The first kappa shape index (κ1) is 14.4. The van der Waals surface area contributed by atoms with Crippen molar-refractivity contribution in [3.05, 3.63) is 77.3 Å². The van der Waals surface area contributed by atoms with Gasteiger partial charge in [-0.2, -0.15) is 0 Å². The molecule has 0 spiro atoms. The Bertz CT molecular complexity index is 943. The number of nitrogens with one attached hydrogen (secondary N) is 1. The average molecular weight is 317 g/mol. The fourth-order valence-corrected chi connectivity index (χ4v) is 4.27. The molecule has 1 aromatic heterocycles. The first-order valence-electron chi connectivity index (χ1n) is 7.82. The predicted octanol–water partition coefficient (Wildman–Crippen LogP) is 6.24. The standard InChI is InChI=1S/C21H19NS/c1-14-20-16(15-8-4-6-10-18(15)22-20)12-13-23-19-11-7-5-9-17(19)21(14,2)3/h4-13,22H,1H2,2-3H3/b13-12-. The molecule has 114 valence electrons. The van der Waals surface area contributed by atoms with Crippen molar-refractivity contribution in [1.29, 1.82) is 0 Å². The zero-order valence-corrected chi connectivity index (χ0v) is 14.2. The van der Waals surface area contributed by atoms with E-state index in [4.69, 9.17) is 0 Å². The molecule has 0 saturated carbocycles. The SMILES string of the molecule is C=C1c2[nH]c3ccccc3c2/C=C\Sc2ccccc2C1(C)C. The third-order valence-electron chi connectivity index (χ3n) is 4.79. The first-order chi connectivity index (χ1) is 11.1. The van der Waals surface area contributed by atoms with E-state index in [1.807, 2.05) is 0 Å². The van der Waals surface area contributed by atoms with Crippen LogP contribution < -0.4 is 0 Å². The molecule has 0 atom stereocenters. The van der Waals surface area contributed by atoms with Crippen LogP contribution in [0.25, 0.3) is 22.6 Å². The van der Waals surface area contributed by atoms with Gasteiger partial charge in [0.25, 0.3) is 0 Å². The Hall–Kier alpha value is -2.19. The number of aromatic amines is 1. The van der Waals surface area contributed by atoms with Crippen LogP contribution in [0.3, 0.4) is 0 Å². The topological polar surface area (TPSA) is 15.8 Å². The second-order valence-electron chi connectivity index (χ2n) is 6.48. The summed E-state index contributed by atoms with van der Waals surface area (Å²) in [5.41, 5.74) is 5.86. The van der Waals surface area contributed by atoms with Crippen LogP contribution in [0, 0.1) is 0 Å². The quantitative estimate of drug-likeness (QED) is 0.519. The van der Waals surface area contributed by atoms with Crippen LogP contribution in [0.4, 0.5) is 0 Å². The maximum absolute atomic E-state index is 4.47. The van der Waals surface area contributed by atoms with Crippen molar-refractivity contribution >= 4 is 34.3 Å². The average Bonchev–Trinajstić information content (AvgIpc) is 2.93. The van der Waals surface area contributed by atoms with Crippen LogP contribution >= 0.6 is 11.8 Å². The van der Waals surface area contributed by atoms with Crippen LogP contribution in [0.15, 0.2) is 65.4 Å². The molecule has 0 unspecified atom stereocenters. The fourth-order valence-electron chi connectivity index (χ4n) is 3.31. The molecule has 3 aromatic rings. The van der Waals surface area contributed by atoms with Crippen LogP contribution in [0.1, 0.15) is 30.7 Å². The maximum atomic E-state index is 4.47. The number of thioether (sulfide) groups is 1. The van der Waals surface area contributed by atoms with Gasteiger partial charge in [-0.1, -0.05) is 68.6 Å². The number of H-pyrrole nitrogens is 1. The van der Waals surface area contributed by atoms with Gasteiger partial charge in [0.1, 0.15) is 0 Å². The Morgan fingerprint density at radius 2 is 1.74 bits per heavy atom. The molecule has 1 nitrogen and oxygen atoms in total. The second kappa shape index (κ2) is 5.17. The van der Waals surface area contributed by atoms with Gasteiger partial charge < -0.3 is 4.98 Å². The summed E-state index contributed by atoms with van der Waals surface area (Å²) < 4.78 is 0. The summed E-state index contributed by atoms with van der Waals surface area (Å²) >= 11 is 1.78. The van der Waals surface area contributed by atoms with Gasteiger partial charge in [0.2, 0.25) is 0 Å². The van der Waals surface area contributed by atoms with Crippen molar-refractivity contribution in [2.24, 2.45) is 0 Å². The number of hydrogen-bond donors (Lipinski definition) is 1. The van der Waals surface area contributed by atoms with Crippen molar-refractivity contribution in [3.8, 4) is 0 Å². The summed E-state index contributed by atoms with van der Waals surface area (Å²) in [4.78, 5) is 4.88. The third-order valence-corrected chi connectivity index (χ3v) is 5.67. The van der Waals surface area contributed by atoms with Crippen molar-refractivity contribution in [3.63, 3.8) is 0 Å². The van der Waals surface area contributed by atoms with E-state index < -0.39 is 0 Å². The minimum atomic E-state index is -0.134. The van der Waals surface area contributed by atoms with E-state index in [2.05, 4.69) is 85.4 Å². The fraction of sp³-hybridized carbons (Fsp3) is 0.143. The molecule has 4 rings (SSSR count). The molecule has 1 aliphatic heterocycles. The third kappa shape index (κ3) is 2.17. The number of allylic oxidation sites excluding steroid dienone is 1. The lowest BCUT2D eigenvalue weighted by molar-refractivity contribution is 0.676. The van der Waals surface area contributed by atoms with Crippen LogP contribution in [-0.2, 0) is 5.41 Å². The molecule has 0 bridgehead atoms. The molecule has 0 fully saturated rings. The first-order valence-corrected chi connectivity index (χ1v) is 8.70. The van der Waals surface area contributed by atoms with E-state index >= 15 is 0 Å². The molecule has 2 heterocycles. The summed E-state index contributed by atoms with van der Waals surface area (Å²) in [6.07, 6.45) is 2.21. The number of fused-ring (bicyclic) bond motifs is 4. The summed E-state index contributed by atoms with van der Waals surface area (Å²) in [5, 5.41) is 3.44. The van der Waals surface area contributed by atoms with Crippen molar-refractivity contribution in [1.82, 2.24) is 4.98 Å². The van der Waals surface area contributed by atoms with E-state index in [1.165, 1.54) is 21.4 Å². The molecule has 0 saturated heterocycles. The molecule has 2 aromatic carbocycles. The predicted molar refractivity (Wildman–Crippen MR) is 102 cm³/mol. The molecule has 0 aliphatic carbocycles. The van der Waals surface area contributed by atoms with Gasteiger partial charge in [0.15, 0.2) is 0 Å². The van der Waals surface area contributed by atoms with E-state index in [1.54, 1.807) is 11.8 Å². The summed E-state index contributed by atoms with van der Waals surface area (Å²) in [6.45, 7) is 8.99. The highest BCUT2D eigenvalue weighted by molar-refractivity contribution is 8.02. The number of hydrogen-bond acceptors (Lipinski definition) is 1. The van der Waals surface area contributed by atoms with Crippen molar-refractivity contribution in [2.45, 2.75) is 24.2 Å². The lowest BCUT2D eigenvalue weighted by Crippen LogP contribution is -2.20. The molecule has 0 amide bonds. The number of benzene rings is 2. The minimum absolute atomic E-state index is 0.134. The Balaban J connectivity index is 2.02. The largest absolute Gasteiger partial charge is 0.354 e. The van der Waals surface area contributed by atoms with Crippen molar-refractivity contribution < 1.29 is 0 Å². The van der Waals surface area contributed by atoms with Gasteiger partial charge in [0, 0.05) is 26.8 Å². The number of rotatable bonds is 0. The Kier molecular flexibility index (Phi) is 3.24. The van der Waals surface area contributed by atoms with E-state index in [-0.39, 0.29) is 5.41 Å². The highest BCUT2D eigenvalue weighted by atomic mass is 32.2. The van der Waals surface area contributed by atoms with E-state index in [0.717, 1.165) is 16.8 Å². The van der Waals surface area contributed by atoms with Gasteiger partial charge in [-0.3, -0.25) is 0 Å². The molecule has 1 aliphatic rings. The van der Waals surface area contributed by atoms with E-state index in [0.29, 0.717) is 0 Å². The lowest BCUT2D eigenvalue weighted by Gasteiger charge is -2.29. The zero-order valence-electron chi connectivity index (χ0n) is 13.4. The molecule has 0 radical (unpaired) electrons. The summed E-state index contributed by atoms with van der Waals surface area (Å²) in [5.74, 6) is 0. The smallest absolute Gasteiger partial charge is 0.0500 e. The van der Waals surface area contributed by atoms with Gasteiger partial charge in [-0.25, -0.2) is 0 Å². The highest BCUT2D eigenvalue weighted by Gasteiger charge is 2.30. The second-order valence-corrected chi connectivity index (χ2v) is 7.43. The normalized spacial score (nSPS) is 17.7. The summed E-state index contributed by atoms with van der Waals surface area (Å²) in [6, 6.07) is 17.1. The van der Waals surface area contributed by atoms with Crippen molar-refractivity contribution in [2.75, 3.05) is 0 Å². The Morgan fingerprint density at radius 3 is 2.61 bits per heavy atom. The number of para-hydroxylation sites is 1. The molecular formula is C21H19NS. The molecule has 2 heteroatoms. The minimum Gasteiger partial charge on any atom is -0.354 e. The molecule has 23 heavy (non-hydrogen) atoms. The van der Waals surface area contributed by atoms with Gasteiger partial charge in [-0.15, -0.1) is 0 Å². The van der Waals surface area contributed by atoms with Gasteiger partial charge >= 0.3 is 0 Å². The molecular weight excluding hydrogens is 298 g/mol. The van der Waals surface area contributed by atoms with Crippen LogP contribution in [-0.4, -0.2) is 4.98 Å². The van der Waals surface area contributed by atoms with Crippen LogP contribution in [0.2, 0.25) is 0 Å². The van der Waals surface area contributed by atoms with Gasteiger partial charge in [-0.05, 0) is 34.8 Å². The monoisotopic (exact) mass is 317 g/mol. The van der Waals surface area contributed by atoms with E-state index in [9.17, 15) is 0 Å². The van der Waals surface area contributed by atoms with Gasteiger partial charge in [0.05, 0.1) is 5.69 Å². The Morgan fingerprint density at radius 1 is 1.00 bits per heavy atom. The summed E-state index contributed by atoms with van der Waals surface area (Å²) in [7, 11) is 0. The Labute approximate surface area is 141 Å². The van der Waals surface area contributed by atoms with Crippen LogP contribution in [0.5, 0.6) is 0 Å². The maximum Gasteiger partial charge on any atom is 0.0500 e. The lowest BCUT2D eigenvalue weighted by atomic mass is 9.76. The highest BCUT2D eigenvalue weighted by Crippen LogP contribution is 2.44. The number of aromatic nitrogens is 1.